The molecule has 2 rings (SSSR count). The molecule has 0 radical (unpaired) electrons. The second kappa shape index (κ2) is 6.15. The maximum atomic E-state index is 11.7. The molecule has 1 aromatic rings. The average Bonchev–Trinajstić information content (AvgIpc) is 2.76. The third kappa shape index (κ3) is 3.96. The molecule has 0 aliphatic carbocycles. The molecule has 4 nitrogen and oxygen atoms in total. The molecule has 18 heavy (non-hydrogen) atoms. The van der Waals surface area contributed by atoms with E-state index in [2.05, 4.69) is 26.6 Å². The van der Waals surface area contributed by atoms with Gasteiger partial charge in [0.15, 0.2) is 0 Å². The molecular formula is C12H13BrN2O2S. The molecule has 1 aliphatic rings. The Labute approximate surface area is 118 Å². The molecule has 2 heterocycles. The maximum absolute atomic E-state index is 11.7. The summed E-state index contributed by atoms with van der Waals surface area (Å²) in [7, 11) is 0. The van der Waals surface area contributed by atoms with Crippen LogP contribution in [0.3, 0.4) is 0 Å². The van der Waals surface area contributed by atoms with Crippen molar-refractivity contribution in [2.24, 2.45) is 0 Å². The van der Waals surface area contributed by atoms with E-state index in [0.29, 0.717) is 19.4 Å². The Morgan fingerprint density at radius 1 is 1.56 bits per heavy atom. The van der Waals surface area contributed by atoms with E-state index in [-0.39, 0.29) is 17.9 Å². The van der Waals surface area contributed by atoms with Gasteiger partial charge in [-0.25, -0.2) is 0 Å². The summed E-state index contributed by atoms with van der Waals surface area (Å²) in [5.41, 5.74) is 0. The summed E-state index contributed by atoms with van der Waals surface area (Å²) in [4.78, 5) is 23.6. The van der Waals surface area contributed by atoms with Crippen molar-refractivity contribution in [3.05, 3.63) is 26.9 Å². The van der Waals surface area contributed by atoms with Crippen LogP contribution in [-0.4, -0.2) is 24.4 Å². The second-order valence-electron chi connectivity index (χ2n) is 4.02. The van der Waals surface area contributed by atoms with Crippen molar-refractivity contribution in [2.75, 3.05) is 6.54 Å². The number of thiophene rings is 1. The zero-order valence-corrected chi connectivity index (χ0v) is 12.0. The van der Waals surface area contributed by atoms with Crippen LogP contribution in [0.1, 0.15) is 17.7 Å². The van der Waals surface area contributed by atoms with Crippen LogP contribution in [0.2, 0.25) is 0 Å². The Morgan fingerprint density at radius 3 is 3.00 bits per heavy atom. The Hall–Kier alpha value is -1.14. The Morgan fingerprint density at radius 2 is 2.39 bits per heavy atom. The fourth-order valence-electron chi connectivity index (χ4n) is 1.68. The van der Waals surface area contributed by atoms with Crippen LogP contribution in [-0.2, 0) is 9.59 Å². The van der Waals surface area contributed by atoms with Crippen molar-refractivity contribution in [3.8, 4) is 0 Å². The van der Waals surface area contributed by atoms with E-state index in [1.807, 2.05) is 12.1 Å². The van der Waals surface area contributed by atoms with Crippen LogP contribution >= 0.6 is 27.3 Å². The minimum absolute atomic E-state index is 0.0370. The van der Waals surface area contributed by atoms with E-state index in [1.165, 1.54) is 6.08 Å². The highest BCUT2D eigenvalue weighted by molar-refractivity contribution is 9.11. The highest BCUT2D eigenvalue weighted by Crippen LogP contribution is 2.22. The lowest BCUT2D eigenvalue weighted by atomic mass is 10.1. The molecule has 1 atom stereocenters. The first-order chi connectivity index (χ1) is 8.63. The minimum atomic E-state index is -0.124. The van der Waals surface area contributed by atoms with Crippen LogP contribution in [0.5, 0.6) is 0 Å². The van der Waals surface area contributed by atoms with Crippen LogP contribution in [0, 0.1) is 0 Å². The van der Waals surface area contributed by atoms with Crippen LogP contribution in [0.25, 0.3) is 6.08 Å². The van der Waals surface area contributed by atoms with E-state index < -0.39 is 0 Å². The van der Waals surface area contributed by atoms with Crippen molar-refractivity contribution in [1.82, 2.24) is 10.6 Å². The molecule has 96 valence electrons. The molecule has 0 aromatic carbocycles. The zero-order valence-electron chi connectivity index (χ0n) is 9.61. The van der Waals surface area contributed by atoms with Crippen molar-refractivity contribution >= 4 is 45.2 Å². The van der Waals surface area contributed by atoms with Gasteiger partial charge in [0, 0.05) is 30.0 Å². The first-order valence-corrected chi connectivity index (χ1v) is 7.25. The van der Waals surface area contributed by atoms with Gasteiger partial charge in [-0.2, -0.15) is 0 Å². The number of carbonyl (C=O) groups excluding carboxylic acids is 2. The first kappa shape index (κ1) is 13.3. The topological polar surface area (TPSA) is 58.2 Å². The Kier molecular flexibility index (Phi) is 4.54. The van der Waals surface area contributed by atoms with E-state index >= 15 is 0 Å². The van der Waals surface area contributed by atoms with Crippen molar-refractivity contribution in [3.63, 3.8) is 0 Å². The second-order valence-corrected chi connectivity index (χ2v) is 6.52. The number of piperidine rings is 1. The highest BCUT2D eigenvalue weighted by atomic mass is 79.9. The molecule has 2 amide bonds. The SMILES string of the molecule is O=C(C=Cc1ccc(Br)s1)NC1CCC(=O)NC1. The smallest absolute Gasteiger partial charge is 0.244 e. The minimum Gasteiger partial charge on any atom is -0.354 e. The van der Waals surface area contributed by atoms with E-state index in [9.17, 15) is 9.59 Å². The van der Waals surface area contributed by atoms with Crippen LogP contribution in [0.15, 0.2) is 22.0 Å². The summed E-state index contributed by atoms with van der Waals surface area (Å²) >= 11 is 4.94. The molecule has 6 heteroatoms. The molecule has 1 aliphatic heterocycles. The quantitative estimate of drug-likeness (QED) is 0.833. The van der Waals surface area contributed by atoms with Gasteiger partial charge in [0.25, 0.3) is 0 Å². The summed E-state index contributed by atoms with van der Waals surface area (Å²) in [5, 5.41) is 5.60. The number of amides is 2. The van der Waals surface area contributed by atoms with Gasteiger partial charge in [-0.15, -0.1) is 11.3 Å². The molecule has 0 saturated carbocycles. The van der Waals surface area contributed by atoms with Gasteiger partial charge in [-0.05, 0) is 40.6 Å². The van der Waals surface area contributed by atoms with E-state index in [4.69, 9.17) is 0 Å². The number of halogens is 1. The predicted molar refractivity (Wildman–Crippen MR) is 75.2 cm³/mol. The zero-order chi connectivity index (χ0) is 13.0. The van der Waals surface area contributed by atoms with Crippen LogP contribution in [0.4, 0.5) is 0 Å². The predicted octanol–water partition coefficient (Wildman–Crippen LogP) is 1.92. The Bertz CT molecular complexity index is 474. The molecule has 1 aromatic heterocycles. The number of hydrogen-bond acceptors (Lipinski definition) is 3. The lowest BCUT2D eigenvalue weighted by Crippen LogP contribution is -2.47. The van der Waals surface area contributed by atoms with Gasteiger partial charge < -0.3 is 10.6 Å². The normalized spacial score (nSPS) is 19.8. The standard InChI is InChI=1S/C12H13BrN2O2S/c13-10-4-2-9(18-10)3-6-12(17)15-8-1-5-11(16)14-7-8/h2-4,6,8H,1,5,7H2,(H,14,16)(H,15,17). The molecule has 2 N–H and O–H groups in total. The number of hydrogen-bond donors (Lipinski definition) is 2. The Balaban J connectivity index is 1.81. The molecule has 1 fully saturated rings. The van der Waals surface area contributed by atoms with Gasteiger partial charge in [0.05, 0.1) is 3.79 Å². The van der Waals surface area contributed by atoms with E-state index in [0.717, 1.165) is 8.66 Å². The van der Waals surface area contributed by atoms with Crippen LogP contribution < -0.4 is 10.6 Å². The van der Waals surface area contributed by atoms with Gasteiger partial charge in [0.1, 0.15) is 0 Å². The average molecular weight is 329 g/mol. The van der Waals surface area contributed by atoms with Gasteiger partial charge in [-0.1, -0.05) is 0 Å². The lowest BCUT2D eigenvalue weighted by molar-refractivity contribution is -0.124. The van der Waals surface area contributed by atoms with Gasteiger partial charge in [-0.3, -0.25) is 9.59 Å². The summed E-state index contributed by atoms with van der Waals surface area (Å²) in [6.07, 6.45) is 4.49. The molecular weight excluding hydrogens is 316 g/mol. The summed E-state index contributed by atoms with van der Waals surface area (Å²) in [6, 6.07) is 3.92. The third-order valence-electron chi connectivity index (χ3n) is 2.60. The molecule has 1 unspecified atom stereocenters. The number of nitrogens with one attached hydrogen (secondary N) is 2. The summed E-state index contributed by atoms with van der Waals surface area (Å²) < 4.78 is 1.04. The number of rotatable bonds is 3. The van der Waals surface area contributed by atoms with Crippen molar-refractivity contribution in [1.29, 1.82) is 0 Å². The summed E-state index contributed by atoms with van der Waals surface area (Å²) in [5.74, 6) is -0.0693. The van der Waals surface area contributed by atoms with Gasteiger partial charge >= 0.3 is 0 Å². The van der Waals surface area contributed by atoms with Gasteiger partial charge in [0.2, 0.25) is 11.8 Å². The summed E-state index contributed by atoms with van der Waals surface area (Å²) in [6.45, 7) is 0.517. The van der Waals surface area contributed by atoms with Crippen molar-refractivity contribution in [2.45, 2.75) is 18.9 Å². The van der Waals surface area contributed by atoms with Crippen molar-refractivity contribution < 1.29 is 9.59 Å². The molecule has 0 spiro atoms. The third-order valence-corrected chi connectivity index (χ3v) is 4.19. The molecule has 1 saturated heterocycles. The largest absolute Gasteiger partial charge is 0.354 e. The highest BCUT2D eigenvalue weighted by Gasteiger charge is 2.18. The number of carbonyl (C=O) groups is 2. The monoisotopic (exact) mass is 328 g/mol. The lowest BCUT2D eigenvalue weighted by Gasteiger charge is -2.22. The fraction of sp³-hybridized carbons (Fsp3) is 0.333. The first-order valence-electron chi connectivity index (χ1n) is 5.64. The maximum Gasteiger partial charge on any atom is 0.244 e. The molecule has 0 bridgehead atoms. The fourth-order valence-corrected chi connectivity index (χ4v) is 3.01. The van der Waals surface area contributed by atoms with E-state index in [1.54, 1.807) is 17.4 Å².